The second-order valence-electron chi connectivity index (χ2n) is 4.45. The van der Waals surface area contributed by atoms with Crippen LogP contribution in [-0.2, 0) is 4.74 Å². The lowest BCUT2D eigenvalue weighted by atomic mass is 10.0. The SMILES string of the molecule is C[C@]1(CCCO)O[C@H]1/C=C\c1ccccc1. The summed E-state index contributed by atoms with van der Waals surface area (Å²) in [6.07, 6.45) is 6.14. The average molecular weight is 218 g/mol. The molecule has 0 saturated carbocycles. The molecule has 0 aliphatic carbocycles. The van der Waals surface area contributed by atoms with Crippen molar-refractivity contribution in [1.29, 1.82) is 0 Å². The zero-order valence-electron chi connectivity index (χ0n) is 9.60. The van der Waals surface area contributed by atoms with Crippen LogP contribution in [0.4, 0.5) is 0 Å². The molecular weight excluding hydrogens is 200 g/mol. The summed E-state index contributed by atoms with van der Waals surface area (Å²) in [5, 5.41) is 8.78. The number of benzene rings is 1. The van der Waals surface area contributed by atoms with Crippen LogP contribution in [0.25, 0.3) is 6.08 Å². The third kappa shape index (κ3) is 2.71. The maximum Gasteiger partial charge on any atom is 0.105 e. The highest BCUT2D eigenvalue weighted by Gasteiger charge is 2.49. The number of rotatable bonds is 5. The van der Waals surface area contributed by atoms with E-state index >= 15 is 0 Å². The van der Waals surface area contributed by atoms with Crippen LogP contribution in [0.3, 0.4) is 0 Å². The standard InChI is InChI=1S/C14H18O2/c1-14(10-5-11-15)13(16-14)9-8-12-6-3-2-4-7-12/h2-4,6-9,13,15H,5,10-11H2,1H3/b9-8-/t13-,14+/m0/s1. The number of hydrogen-bond acceptors (Lipinski definition) is 2. The van der Waals surface area contributed by atoms with E-state index in [0.29, 0.717) is 0 Å². The van der Waals surface area contributed by atoms with Gasteiger partial charge in [-0.25, -0.2) is 0 Å². The maximum atomic E-state index is 8.78. The Morgan fingerprint density at radius 2 is 2.12 bits per heavy atom. The van der Waals surface area contributed by atoms with Gasteiger partial charge in [0.2, 0.25) is 0 Å². The summed E-state index contributed by atoms with van der Waals surface area (Å²) in [5.41, 5.74) is 1.15. The second-order valence-corrected chi connectivity index (χ2v) is 4.45. The smallest absolute Gasteiger partial charge is 0.105 e. The number of aliphatic hydroxyl groups is 1. The molecule has 16 heavy (non-hydrogen) atoms. The lowest BCUT2D eigenvalue weighted by Crippen LogP contribution is -2.08. The molecule has 0 bridgehead atoms. The normalized spacial score (nSPS) is 28.5. The van der Waals surface area contributed by atoms with Crippen molar-refractivity contribution in [2.45, 2.75) is 31.5 Å². The first-order valence-corrected chi connectivity index (χ1v) is 5.76. The zero-order valence-corrected chi connectivity index (χ0v) is 9.60. The van der Waals surface area contributed by atoms with Crippen LogP contribution in [0.15, 0.2) is 36.4 Å². The van der Waals surface area contributed by atoms with Gasteiger partial charge >= 0.3 is 0 Å². The van der Waals surface area contributed by atoms with E-state index < -0.39 is 0 Å². The predicted molar refractivity (Wildman–Crippen MR) is 65.1 cm³/mol. The van der Waals surface area contributed by atoms with E-state index in [9.17, 15) is 0 Å². The van der Waals surface area contributed by atoms with Crippen molar-refractivity contribution in [3.8, 4) is 0 Å². The molecule has 1 saturated heterocycles. The molecule has 2 atom stereocenters. The molecule has 1 fully saturated rings. The van der Waals surface area contributed by atoms with Crippen molar-refractivity contribution < 1.29 is 9.84 Å². The maximum absolute atomic E-state index is 8.78. The van der Waals surface area contributed by atoms with Crippen LogP contribution in [0.2, 0.25) is 0 Å². The summed E-state index contributed by atoms with van der Waals surface area (Å²) in [4.78, 5) is 0. The molecule has 2 rings (SSSR count). The Bertz CT molecular complexity index is 358. The van der Waals surface area contributed by atoms with E-state index in [4.69, 9.17) is 9.84 Å². The van der Waals surface area contributed by atoms with Crippen molar-refractivity contribution in [1.82, 2.24) is 0 Å². The number of ether oxygens (including phenoxy) is 1. The first-order valence-electron chi connectivity index (χ1n) is 5.76. The summed E-state index contributed by atoms with van der Waals surface area (Å²) in [6.45, 7) is 2.34. The Hall–Kier alpha value is -1.12. The molecule has 1 heterocycles. The lowest BCUT2D eigenvalue weighted by molar-refractivity contribution is 0.246. The minimum absolute atomic E-state index is 0.0476. The van der Waals surface area contributed by atoms with Gasteiger partial charge in [-0.3, -0.25) is 0 Å². The van der Waals surface area contributed by atoms with Crippen molar-refractivity contribution >= 4 is 6.08 Å². The highest BCUT2D eigenvalue weighted by molar-refractivity contribution is 5.50. The van der Waals surface area contributed by atoms with Crippen LogP contribution in [0.5, 0.6) is 0 Å². The van der Waals surface area contributed by atoms with E-state index in [1.54, 1.807) is 0 Å². The highest BCUT2D eigenvalue weighted by Crippen LogP contribution is 2.41. The van der Waals surface area contributed by atoms with Crippen LogP contribution in [0, 0.1) is 0 Å². The molecule has 1 aliphatic heterocycles. The molecule has 2 nitrogen and oxygen atoms in total. The predicted octanol–water partition coefficient (Wildman–Crippen LogP) is 2.63. The van der Waals surface area contributed by atoms with Crippen molar-refractivity contribution in [3.05, 3.63) is 42.0 Å². The van der Waals surface area contributed by atoms with E-state index in [1.807, 2.05) is 18.2 Å². The van der Waals surface area contributed by atoms with Crippen molar-refractivity contribution in [2.24, 2.45) is 0 Å². The zero-order chi connectivity index (χ0) is 11.4. The van der Waals surface area contributed by atoms with Gasteiger partial charge in [-0.1, -0.05) is 42.5 Å². The van der Waals surface area contributed by atoms with Gasteiger partial charge < -0.3 is 9.84 Å². The monoisotopic (exact) mass is 218 g/mol. The molecule has 0 aromatic heterocycles. The number of aliphatic hydroxyl groups excluding tert-OH is 1. The minimum Gasteiger partial charge on any atom is -0.396 e. The van der Waals surface area contributed by atoms with Crippen molar-refractivity contribution in [3.63, 3.8) is 0 Å². The van der Waals surface area contributed by atoms with E-state index in [2.05, 4.69) is 31.2 Å². The largest absolute Gasteiger partial charge is 0.396 e. The van der Waals surface area contributed by atoms with E-state index in [1.165, 1.54) is 5.56 Å². The van der Waals surface area contributed by atoms with Crippen LogP contribution >= 0.6 is 0 Å². The minimum atomic E-state index is -0.0476. The molecule has 1 aromatic carbocycles. The Morgan fingerprint density at radius 3 is 2.81 bits per heavy atom. The van der Waals surface area contributed by atoms with Gasteiger partial charge in [0.05, 0.1) is 5.60 Å². The van der Waals surface area contributed by atoms with Gasteiger partial charge in [0, 0.05) is 6.61 Å². The van der Waals surface area contributed by atoms with Gasteiger partial charge in [0.1, 0.15) is 6.10 Å². The first-order chi connectivity index (χ1) is 7.74. The molecule has 2 heteroatoms. The summed E-state index contributed by atoms with van der Waals surface area (Å²) < 4.78 is 5.63. The molecule has 0 spiro atoms. The number of epoxide rings is 1. The molecule has 1 N–H and O–H groups in total. The van der Waals surface area contributed by atoms with Crippen LogP contribution in [-0.4, -0.2) is 23.4 Å². The Balaban J connectivity index is 1.87. The Kier molecular flexibility index (Phi) is 3.42. The molecule has 0 amide bonds. The summed E-state index contributed by atoms with van der Waals surface area (Å²) in [5.74, 6) is 0. The van der Waals surface area contributed by atoms with Crippen molar-refractivity contribution in [2.75, 3.05) is 6.61 Å². The molecule has 1 aliphatic rings. The van der Waals surface area contributed by atoms with Gasteiger partial charge in [-0.05, 0) is 25.3 Å². The number of hydrogen-bond donors (Lipinski definition) is 1. The summed E-state index contributed by atoms with van der Waals surface area (Å²) in [6, 6.07) is 10.2. The Morgan fingerprint density at radius 1 is 1.38 bits per heavy atom. The van der Waals surface area contributed by atoms with Crippen LogP contribution in [0.1, 0.15) is 25.3 Å². The quantitative estimate of drug-likeness (QED) is 0.771. The Labute approximate surface area is 96.6 Å². The van der Waals surface area contributed by atoms with Crippen LogP contribution < -0.4 is 0 Å². The van der Waals surface area contributed by atoms with Gasteiger partial charge in [-0.2, -0.15) is 0 Å². The topological polar surface area (TPSA) is 32.8 Å². The first kappa shape index (κ1) is 11.4. The molecule has 86 valence electrons. The fraction of sp³-hybridized carbons (Fsp3) is 0.429. The summed E-state index contributed by atoms with van der Waals surface area (Å²) in [7, 11) is 0. The third-order valence-electron chi connectivity index (χ3n) is 3.04. The fourth-order valence-corrected chi connectivity index (χ4v) is 1.89. The second kappa shape index (κ2) is 4.81. The highest BCUT2D eigenvalue weighted by atomic mass is 16.6. The van der Waals surface area contributed by atoms with Gasteiger partial charge in [0.15, 0.2) is 0 Å². The van der Waals surface area contributed by atoms with E-state index in [0.717, 1.165) is 12.8 Å². The molecule has 0 unspecified atom stereocenters. The average Bonchev–Trinajstić information content (AvgIpc) is 2.97. The van der Waals surface area contributed by atoms with E-state index in [-0.39, 0.29) is 18.3 Å². The fourth-order valence-electron chi connectivity index (χ4n) is 1.89. The molecule has 1 aromatic rings. The van der Waals surface area contributed by atoms with Gasteiger partial charge in [-0.15, -0.1) is 0 Å². The van der Waals surface area contributed by atoms with Gasteiger partial charge in [0.25, 0.3) is 0 Å². The molecular formula is C14H18O2. The summed E-state index contributed by atoms with van der Waals surface area (Å²) >= 11 is 0. The molecule has 0 radical (unpaired) electrons. The lowest BCUT2D eigenvalue weighted by Gasteiger charge is -2.01. The third-order valence-corrected chi connectivity index (χ3v) is 3.04.